The van der Waals surface area contributed by atoms with Gasteiger partial charge in [0.1, 0.15) is 5.82 Å². The first-order chi connectivity index (χ1) is 8.35. The summed E-state index contributed by atoms with van der Waals surface area (Å²) in [5.41, 5.74) is 1.39. The zero-order valence-corrected chi connectivity index (χ0v) is 12.6. The molecule has 0 radical (unpaired) electrons. The van der Waals surface area contributed by atoms with Gasteiger partial charge in [0.25, 0.3) is 0 Å². The predicted molar refractivity (Wildman–Crippen MR) is 79.0 cm³/mol. The molecule has 18 heavy (non-hydrogen) atoms. The molecule has 0 aliphatic carbocycles. The minimum atomic E-state index is 0.127. The first-order valence-electron chi connectivity index (χ1n) is 6.77. The molecule has 1 heterocycles. The van der Waals surface area contributed by atoms with E-state index < -0.39 is 0 Å². The van der Waals surface area contributed by atoms with Crippen molar-refractivity contribution in [3.63, 3.8) is 0 Å². The highest BCUT2D eigenvalue weighted by Gasteiger charge is 2.15. The molecule has 1 aromatic heterocycles. The predicted octanol–water partition coefficient (Wildman–Crippen LogP) is 3.20. The van der Waals surface area contributed by atoms with Gasteiger partial charge in [0.05, 0.1) is 0 Å². The van der Waals surface area contributed by atoms with Crippen LogP contribution in [-0.4, -0.2) is 23.6 Å². The molecule has 1 N–H and O–H groups in total. The quantitative estimate of drug-likeness (QED) is 0.868. The SMILES string of the molecule is CCC(C)N(C)c1ncccc1CNC(C)(C)C. The van der Waals surface area contributed by atoms with E-state index in [9.17, 15) is 0 Å². The van der Waals surface area contributed by atoms with Crippen molar-refractivity contribution < 1.29 is 0 Å². The van der Waals surface area contributed by atoms with Crippen LogP contribution in [0, 0.1) is 0 Å². The highest BCUT2D eigenvalue weighted by atomic mass is 15.2. The number of hydrogen-bond acceptors (Lipinski definition) is 3. The minimum Gasteiger partial charge on any atom is -0.357 e. The van der Waals surface area contributed by atoms with Crippen LogP contribution in [0.2, 0.25) is 0 Å². The standard InChI is InChI=1S/C15H27N3/c1-7-12(2)18(6)14-13(9-8-10-16-14)11-17-15(3,4)5/h8-10,12,17H,7,11H2,1-6H3. The van der Waals surface area contributed by atoms with Crippen molar-refractivity contribution in [2.45, 2.75) is 59.2 Å². The molecule has 0 spiro atoms. The first-order valence-corrected chi connectivity index (χ1v) is 6.77. The fraction of sp³-hybridized carbons (Fsp3) is 0.667. The van der Waals surface area contributed by atoms with Crippen LogP contribution < -0.4 is 10.2 Å². The van der Waals surface area contributed by atoms with Gasteiger partial charge >= 0.3 is 0 Å². The Kier molecular flexibility index (Phi) is 5.15. The number of aromatic nitrogens is 1. The number of hydrogen-bond donors (Lipinski definition) is 1. The Balaban J connectivity index is 2.86. The fourth-order valence-electron chi connectivity index (χ4n) is 1.73. The summed E-state index contributed by atoms with van der Waals surface area (Å²) >= 11 is 0. The fourth-order valence-corrected chi connectivity index (χ4v) is 1.73. The average molecular weight is 249 g/mol. The van der Waals surface area contributed by atoms with E-state index in [2.05, 4.69) is 62.9 Å². The van der Waals surface area contributed by atoms with Crippen molar-refractivity contribution in [1.29, 1.82) is 0 Å². The van der Waals surface area contributed by atoms with E-state index in [0.29, 0.717) is 6.04 Å². The Bertz CT molecular complexity index is 368. The van der Waals surface area contributed by atoms with Crippen LogP contribution in [-0.2, 0) is 6.54 Å². The summed E-state index contributed by atoms with van der Waals surface area (Å²) in [5.74, 6) is 1.09. The minimum absolute atomic E-state index is 0.127. The molecule has 0 saturated heterocycles. The highest BCUT2D eigenvalue weighted by Crippen LogP contribution is 2.19. The Morgan fingerprint density at radius 1 is 1.39 bits per heavy atom. The van der Waals surface area contributed by atoms with Crippen LogP contribution >= 0.6 is 0 Å². The lowest BCUT2D eigenvalue weighted by Gasteiger charge is -2.28. The van der Waals surface area contributed by atoms with Gasteiger partial charge in [0.2, 0.25) is 0 Å². The molecule has 3 nitrogen and oxygen atoms in total. The number of nitrogens with zero attached hydrogens (tertiary/aromatic N) is 2. The van der Waals surface area contributed by atoms with Crippen LogP contribution in [0.5, 0.6) is 0 Å². The van der Waals surface area contributed by atoms with Crippen molar-refractivity contribution in [2.75, 3.05) is 11.9 Å². The third kappa shape index (κ3) is 4.30. The smallest absolute Gasteiger partial charge is 0.132 e. The second-order valence-electron chi connectivity index (χ2n) is 5.96. The number of nitrogens with one attached hydrogen (secondary N) is 1. The Labute approximate surface area is 112 Å². The monoisotopic (exact) mass is 249 g/mol. The molecule has 1 rings (SSSR count). The second kappa shape index (κ2) is 6.19. The lowest BCUT2D eigenvalue weighted by Crippen LogP contribution is -2.36. The maximum atomic E-state index is 4.53. The van der Waals surface area contributed by atoms with Crippen LogP contribution in [0.15, 0.2) is 18.3 Å². The van der Waals surface area contributed by atoms with Gasteiger partial charge in [-0.15, -0.1) is 0 Å². The van der Waals surface area contributed by atoms with E-state index in [-0.39, 0.29) is 5.54 Å². The Hall–Kier alpha value is -1.09. The lowest BCUT2D eigenvalue weighted by atomic mass is 10.1. The molecule has 1 atom stereocenters. The molecular weight excluding hydrogens is 222 g/mol. The topological polar surface area (TPSA) is 28.2 Å². The van der Waals surface area contributed by atoms with Gasteiger partial charge in [0, 0.05) is 36.9 Å². The normalized spacial score (nSPS) is 13.4. The largest absolute Gasteiger partial charge is 0.357 e. The molecule has 0 bridgehead atoms. The van der Waals surface area contributed by atoms with Crippen LogP contribution in [0.4, 0.5) is 5.82 Å². The van der Waals surface area contributed by atoms with Crippen LogP contribution in [0.3, 0.4) is 0 Å². The van der Waals surface area contributed by atoms with Gasteiger partial charge in [-0.25, -0.2) is 4.98 Å². The van der Waals surface area contributed by atoms with Crippen LogP contribution in [0.1, 0.15) is 46.6 Å². The summed E-state index contributed by atoms with van der Waals surface area (Å²) < 4.78 is 0. The van der Waals surface area contributed by atoms with E-state index in [1.807, 2.05) is 12.3 Å². The number of pyridine rings is 1. The summed E-state index contributed by atoms with van der Waals surface area (Å²) in [4.78, 5) is 6.80. The van der Waals surface area contributed by atoms with Crippen LogP contribution in [0.25, 0.3) is 0 Å². The maximum absolute atomic E-state index is 4.53. The third-order valence-electron chi connectivity index (χ3n) is 3.26. The molecule has 0 aliphatic heterocycles. The molecule has 0 amide bonds. The zero-order valence-electron chi connectivity index (χ0n) is 12.6. The highest BCUT2D eigenvalue weighted by molar-refractivity contribution is 5.46. The van der Waals surface area contributed by atoms with Gasteiger partial charge < -0.3 is 10.2 Å². The summed E-state index contributed by atoms with van der Waals surface area (Å²) in [5, 5.41) is 3.52. The molecular formula is C15H27N3. The second-order valence-corrected chi connectivity index (χ2v) is 5.96. The van der Waals surface area contributed by atoms with Crippen molar-refractivity contribution >= 4 is 5.82 Å². The number of rotatable bonds is 5. The summed E-state index contributed by atoms with van der Waals surface area (Å²) in [6.07, 6.45) is 2.99. The van der Waals surface area contributed by atoms with Crippen molar-refractivity contribution in [1.82, 2.24) is 10.3 Å². The average Bonchev–Trinajstić information content (AvgIpc) is 2.34. The van der Waals surface area contributed by atoms with Gasteiger partial charge in [-0.05, 0) is 40.2 Å². The summed E-state index contributed by atoms with van der Waals surface area (Å²) in [6.45, 7) is 11.8. The van der Waals surface area contributed by atoms with E-state index in [1.54, 1.807) is 0 Å². The van der Waals surface area contributed by atoms with Gasteiger partial charge in [-0.2, -0.15) is 0 Å². The third-order valence-corrected chi connectivity index (χ3v) is 3.26. The van der Waals surface area contributed by atoms with Gasteiger partial charge in [-0.3, -0.25) is 0 Å². The van der Waals surface area contributed by atoms with Crippen molar-refractivity contribution in [2.24, 2.45) is 0 Å². The molecule has 3 heteroatoms. The summed E-state index contributed by atoms with van der Waals surface area (Å²) in [6, 6.07) is 4.67. The van der Waals surface area contributed by atoms with E-state index >= 15 is 0 Å². The van der Waals surface area contributed by atoms with Crippen molar-refractivity contribution in [3.05, 3.63) is 23.9 Å². The molecule has 0 aliphatic rings. The molecule has 1 aromatic rings. The van der Waals surface area contributed by atoms with E-state index in [0.717, 1.165) is 18.8 Å². The molecule has 102 valence electrons. The Morgan fingerprint density at radius 3 is 2.61 bits per heavy atom. The van der Waals surface area contributed by atoms with Crippen molar-refractivity contribution in [3.8, 4) is 0 Å². The lowest BCUT2D eigenvalue weighted by molar-refractivity contribution is 0.424. The van der Waals surface area contributed by atoms with E-state index in [1.165, 1.54) is 5.56 Å². The molecule has 0 aromatic carbocycles. The van der Waals surface area contributed by atoms with Gasteiger partial charge in [0.15, 0.2) is 0 Å². The molecule has 1 unspecified atom stereocenters. The molecule has 0 fully saturated rings. The summed E-state index contributed by atoms with van der Waals surface area (Å²) in [7, 11) is 2.12. The zero-order chi connectivity index (χ0) is 13.8. The van der Waals surface area contributed by atoms with E-state index in [4.69, 9.17) is 0 Å². The first kappa shape index (κ1) is 15.0. The Morgan fingerprint density at radius 2 is 2.06 bits per heavy atom. The number of anilines is 1. The molecule has 0 saturated carbocycles. The van der Waals surface area contributed by atoms with Gasteiger partial charge in [-0.1, -0.05) is 13.0 Å². The maximum Gasteiger partial charge on any atom is 0.132 e.